The lowest BCUT2D eigenvalue weighted by Crippen LogP contribution is -2.48. The second-order valence-electron chi connectivity index (χ2n) is 7.04. The topological polar surface area (TPSA) is 82.5 Å². The zero-order chi connectivity index (χ0) is 19.8. The van der Waals surface area contributed by atoms with Gasteiger partial charge in [0.1, 0.15) is 0 Å². The summed E-state index contributed by atoms with van der Waals surface area (Å²) < 4.78 is 0. The number of nitrogens with zero attached hydrogens (tertiary/aromatic N) is 2. The molecule has 6 nitrogen and oxygen atoms in total. The van der Waals surface area contributed by atoms with E-state index in [4.69, 9.17) is 0 Å². The van der Waals surface area contributed by atoms with Gasteiger partial charge in [0, 0.05) is 25.8 Å². The van der Waals surface area contributed by atoms with Crippen molar-refractivity contribution in [2.45, 2.75) is 13.0 Å². The second kappa shape index (κ2) is 9.80. The minimum atomic E-state index is -0.848. The van der Waals surface area contributed by atoms with Crippen LogP contribution >= 0.6 is 0 Å². The zero-order valence-corrected chi connectivity index (χ0v) is 15.7. The van der Waals surface area contributed by atoms with Crippen LogP contribution < -0.4 is 5.32 Å². The Balaban J connectivity index is 1.58. The van der Waals surface area contributed by atoms with E-state index >= 15 is 0 Å². The van der Waals surface area contributed by atoms with Crippen molar-refractivity contribution in [3.63, 3.8) is 0 Å². The van der Waals surface area contributed by atoms with E-state index in [-0.39, 0.29) is 11.8 Å². The van der Waals surface area contributed by atoms with Crippen LogP contribution in [-0.4, -0.2) is 46.5 Å². The van der Waals surface area contributed by atoms with Crippen LogP contribution in [0.3, 0.4) is 0 Å². The fraction of sp³-hybridized carbons (Fsp3) is 0.318. The summed E-state index contributed by atoms with van der Waals surface area (Å²) in [7, 11) is 0. The van der Waals surface area contributed by atoms with Crippen molar-refractivity contribution < 1.29 is 14.7 Å². The number of aromatic nitrogens is 1. The third-order valence-corrected chi connectivity index (χ3v) is 4.89. The van der Waals surface area contributed by atoms with Gasteiger partial charge in [0.2, 0.25) is 5.91 Å². The number of aliphatic carboxylic acids is 1. The fourth-order valence-electron chi connectivity index (χ4n) is 3.44. The fourth-order valence-corrected chi connectivity index (χ4v) is 3.44. The first-order valence-corrected chi connectivity index (χ1v) is 9.46. The molecule has 0 saturated carbocycles. The summed E-state index contributed by atoms with van der Waals surface area (Å²) >= 11 is 0. The van der Waals surface area contributed by atoms with Crippen molar-refractivity contribution in [1.82, 2.24) is 15.2 Å². The monoisotopic (exact) mass is 379 g/mol. The first-order valence-electron chi connectivity index (χ1n) is 9.46. The number of carbonyl (C=O) groups is 2. The van der Waals surface area contributed by atoms with Crippen LogP contribution in [0.25, 0.3) is 6.08 Å². The van der Waals surface area contributed by atoms with Gasteiger partial charge in [-0.15, -0.1) is 0 Å². The quantitative estimate of drug-likeness (QED) is 0.772. The molecule has 146 valence electrons. The highest BCUT2D eigenvalue weighted by Crippen LogP contribution is 2.22. The Labute approximate surface area is 164 Å². The van der Waals surface area contributed by atoms with E-state index in [2.05, 4.69) is 10.3 Å². The smallest absolute Gasteiger partial charge is 0.307 e. The number of carbonyl (C=O) groups excluding carboxylic acids is 1. The van der Waals surface area contributed by atoms with Gasteiger partial charge >= 0.3 is 5.97 Å². The van der Waals surface area contributed by atoms with Crippen LogP contribution in [0.15, 0.2) is 60.8 Å². The molecule has 2 heterocycles. The number of carboxylic acid groups (broad SMARTS) is 1. The highest BCUT2D eigenvalue weighted by Gasteiger charge is 2.34. The summed E-state index contributed by atoms with van der Waals surface area (Å²) in [5.74, 6) is -1.85. The molecular weight excluding hydrogens is 354 g/mol. The van der Waals surface area contributed by atoms with Gasteiger partial charge in [-0.2, -0.15) is 0 Å². The Morgan fingerprint density at radius 1 is 1.11 bits per heavy atom. The highest BCUT2D eigenvalue weighted by molar-refractivity contribution is 5.80. The molecule has 1 aliphatic heterocycles. The lowest BCUT2D eigenvalue weighted by Gasteiger charge is -2.34. The highest BCUT2D eigenvalue weighted by atomic mass is 16.4. The number of piperidine rings is 1. The van der Waals surface area contributed by atoms with Gasteiger partial charge in [0.05, 0.1) is 24.1 Å². The van der Waals surface area contributed by atoms with Crippen molar-refractivity contribution >= 4 is 18.0 Å². The molecule has 2 atom stereocenters. The molecule has 0 aliphatic carbocycles. The Kier molecular flexibility index (Phi) is 6.92. The molecule has 0 spiro atoms. The molecule has 2 N–H and O–H groups in total. The largest absolute Gasteiger partial charge is 0.481 e. The standard InChI is InChI=1S/C22H25N3O3/c26-21(24-14-20-10-4-5-11-23-20)18-13-19(22(27)28)16-25(15-18)12-6-9-17-7-2-1-3-8-17/h1-11,18-19H,12-16H2,(H,24,26)(H,27,28)/t18-,19-/m0/s1. The van der Waals surface area contributed by atoms with Crippen molar-refractivity contribution in [3.05, 3.63) is 72.1 Å². The third kappa shape index (κ3) is 5.76. The Hall–Kier alpha value is -2.99. The number of amides is 1. The molecule has 1 fully saturated rings. The molecule has 0 bridgehead atoms. The number of pyridine rings is 1. The predicted octanol–water partition coefficient (Wildman–Crippen LogP) is 2.43. The molecule has 2 aromatic rings. The van der Waals surface area contributed by atoms with Crippen LogP contribution in [0.2, 0.25) is 0 Å². The van der Waals surface area contributed by atoms with Crippen LogP contribution in [0.4, 0.5) is 0 Å². The van der Waals surface area contributed by atoms with Crippen LogP contribution in [-0.2, 0) is 16.1 Å². The van der Waals surface area contributed by atoms with Gasteiger partial charge < -0.3 is 10.4 Å². The number of likely N-dealkylation sites (tertiary alicyclic amines) is 1. The summed E-state index contributed by atoms with van der Waals surface area (Å²) in [4.78, 5) is 30.4. The van der Waals surface area contributed by atoms with Crippen LogP contribution in [0, 0.1) is 11.8 Å². The molecule has 6 heteroatoms. The van der Waals surface area contributed by atoms with Crippen molar-refractivity contribution in [3.8, 4) is 0 Å². The molecule has 1 aromatic carbocycles. The van der Waals surface area contributed by atoms with Crippen molar-refractivity contribution in [1.29, 1.82) is 0 Å². The number of benzene rings is 1. The Morgan fingerprint density at radius 2 is 1.86 bits per heavy atom. The van der Waals surface area contributed by atoms with E-state index in [1.165, 1.54) is 0 Å². The van der Waals surface area contributed by atoms with Crippen molar-refractivity contribution in [2.24, 2.45) is 11.8 Å². The van der Waals surface area contributed by atoms with Gasteiger partial charge in [0.15, 0.2) is 0 Å². The van der Waals surface area contributed by atoms with Gasteiger partial charge in [-0.3, -0.25) is 19.5 Å². The normalized spacial score (nSPS) is 20.1. The molecule has 1 saturated heterocycles. The number of hydrogen-bond acceptors (Lipinski definition) is 4. The molecule has 0 radical (unpaired) electrons. The average Bonchev–Trinajstić information content (AvgIpc) is 2.73. The summed E-state index contributed by atoms with van der Waals surface area (Å²) in [6.45, 7) is 1.97. The van der Waals surface area contributed by atoms with E-state index < -0.39 is 11.9 Å². The number of hydrogen-bond donors (Lipinski definition) is 2. The lowest BCUT2D eigenvalue weighted by molar-refractivity contribution is -0.145. The van der Waals surface area contributed by atoms with Crippen LogP contribution in [0.1, 0.15) is 17.7 Å². The maximum Gasteiger partial charge on any atom is 0.307 e. The van der Waals surface area contributed by atoms with E-state index in [0.29, 0.717) is 32.6 Å². The van der Waals surface area contributed by atoms with E-state index in [9.17, 15) is 14.7 Å². The number of carboxylic acids is 1. The minimum absolute atomic E-state index is 0.117. The van der Waals surface area contributed by atoms with E-state index in [1.807, 2.05) is 65.6 Å². The second-order valence-corrected chi connectivity index (χ2v) is 7.04. The predicted molar refractivity (Wildman–Crippen MR) is 107 cm³/mol. The minimum Gasteiger partial charge on any atom is -0.481 e. The first kappa shape index (κ1) is 19.8. The van der Waals surface area contributed by atoms with Crippen LogP contribution in [0.5, 0.6) is 0 Å². The zero-order valence-electron chi connectivity index (χ0n) is 15.7. The molecule has 0 unspecified atom stereocenters. The summed E-state index contributed by atoms with van der Waals surface area (Å²) in [5.41, 5.74) is 1.88. The lowest BCUT2D eigenvalue weighted by atomic mass is 9.88. The molecule has 1 amide bonds. The average molecular weight is 379 g/mol. The first-order chi connectivity index (χ1) is 13.6. The summed E-state index contributed by atoms with van der Waals surface area (Å²) in [6.07, 6.45) is 6.08. The number of nitrogens with one attached hydrogen (secondary N) is 1. The molecule has 1 aliphatic rings. The summed E-state index contributed by atoms with van der Waals surface area (Å²) in [5, 5.41) is 12.4. The van der Waals surface area contributed by atoms with Gasteiger partial charge in [-0.05, 0) is 24.1 Å². The van der Waals surface area contributed by atoms with Gasteiger partial charge in [0.25, 0.3) is 0 Å². The van der Waals surface area contributed by atoms with Gasteiger partial charge in [-0.1, -0.05) is 48.6 Å². The molecule has 1 aromatic heterocycles. The maximum absolute atomic E-state index is 12.6. The third-order valence-electron chi connectivity index (χ3n) is 4.89. The SMILES string of the molecule is O=C(O)[C@H]1C[C@H](C(=O)NCc2ccccn2)CN(CC=Cc2ccccc2)C1. The Bertz CT molecular complexity index is 808. The number of rotatable bonds is 7. The Morgan fingerprint density at radius 3 is 2.57 bits per heavy atom. The van der Waals surface area contributed by atoms with Gasteiger partial charge in [-0.25, -0.2) is 0 Å². The molecule has 3 rings (SSSR count). The summed E-state index contributed by atoms with van der Waals surface area (Å²) in [6, 6.07) is 15.5. The van der Waals surface area contributed by atoms with E-state index in [1.54, 1.807) is 6.20 Å². The van der Waals surface area contributed by atoms with Crippen molar-refractivity contribution in [2.75, 3.05) is 19.6 Å². The van der Waals surface area contributed by atoms with E-state index in [0.717, 1.165) is 11.3 Å². The molecular formula is C22H25N3O3. The molecule has 28 heavy (non-hydrogen) atoms. The maximum atomic E-state index is 12.6.